The van der Waals surface area contributed by atoms with Gasteiger partial charge in [0, 0.05) is 31.6 Å². The maximum Gasteiger partial charge on any atom is 0.490 e. The van der Waals surface area contributed by atoms with Gasteiger partial charge in [0.05, 0.1) is 30.0 Å². The SMILES string of the molecule is CO[C@H]1CC[C@H]2[C@H]1OCCN2Cc1ccc2ccccc2n1.O=C(O)C(F)(F)F.O=C(O)C(F)(F)F. The molecule has 0 radical (unpaired) electrons. The normalized spacial score (nSPS) is 22.0. The van der Waals surface area contributed by atoms with Crippen LogP contribution in [0.1, 0.15) is 18.5 Å². The monoisotopic (exact) mass is 526 g/mol. The van der Waals surface area contributed by atoms with E-state index in [2.05, 4.69) is 35.2 Å². The molecule has 2 aromatic rings. The number of aromatic nitrogens is 1. The van der Waals surface area contributed by atoms with Crippen molar-refractivity contribution in [3.05, 3.63) is 42.1 Å². The number of benzene rings is 1. The molecule has 0 unspecified atom stereocenters. The number of morpholine rings is 1. The van der Waals surface area contributed by atoms with E-state index in [9.17, 15) is 26.3 Å². The van der Waals surface area contributed by atoms with E-state index >= 15 is 0 Å². The van der Waals surface area contributed by atoms with Crippen LogP contribution >= 0.6 is 0 Å². The minimum absolute atomic E-state index is 0.221. The van der Waals surface area contributed by atoms with Crippen LogP contribution in [0.2, 0.25) is 0 Å². The van der Waals surface area contributed by atoms with Crippen LogP contribution < -0.4 is 0 Å². The Morgan fingerprint density at radius 1 is 1.03 bits per heavy atom. The van der Waals surface area contributed by atoms with Crippen molar-refractivity contribution < 1.29 is 55.6 Å². The third-order valence-corrected chi connectivity index (χ3v) is 5.46. The molecule has 8 nitrogen and oxygen atoms in total. The number of pyridine rings is 1. The first kappa shape index (κ1) is 29.3. The Labute approximate surface area is 201 Å². The van der Waals surface area contributed by atoms with E-state index in [0.29, 0.717) is 6.04 Å². The van der Waals surface area contributed by atoms with E-state index in [1.807, 2.05) is 6.07 Å². The summed E-state index contributed by atoms with van der Waals surface area (Å²) in [5.74, 6) is -5.51. The zero-order valence-electron chi connectivity index (χ0n) is 18.9. The lowest BCUT2D eigenvalue weighted by Gasteiger charge is -2.38. The van der Waals surface area contributed by atoms with Gasteiger partial charge >= 0.3 is 24.3 Å². The average Bonchev–Trinajstić information content (AvgIpc) is 3.23. The molecule has 3 atom stereocenters. The molecule has 0 bridgehead atoms. The lowest BCUT2D eigenvalue weighted by Crippen LogP contribution is -2.51. The molecule has 1 aromatic heterocycles. The predicted octanol–water partition coefficient (Wildman–Crippen LogP) is 3.88. The topological polar surface area (TPSA) is 109 Å². The second-order valence-corrected chi connectivity index (χ2v) is 7.83. The minimum atomic E-state index is -5.08. The van der Waals surface area contributed by atoms with Gasteiger partial charge in [0.15, 0.2) is 0 Å². The van der Waals surface area contributed by atoms with Crippen molar-refractivity contribution >= 4 is 22.8 Å². The fraction of sp³-hybridized carbons (Fsp3) is 0.500. The number of methoxy groups -OCH3 is 1. The van der Waals surface area contributed by atoms with Crippen LogP contribution in [-0.2, 0) is 25.6 Å². The number of hydrogen-bond donors (Lipinski definition) is 2. The minimum Gasteiger partial charge on any atom is -0.475 e. The molecular formula is C22H24F6N2O6. The molecule has 4 rings (SSSR count). The van der Waals surface area contributed by atoms with Gasteiger partial charge in [-0.2, -0.15) is 26.3 Å². The highest BCUT2D eigenvalue weighted by atomic mass is 19.4. The maximum absolute atomic E-state index is 10.6. The van der Waals surface area contributed by atoms with Gasteiger partial charge in [-0.25, -0.2) is 9.59 Å². The van der Waals surface area contributed by atoms with Gasteiger partial charge in [0.25, 0.3) is 0 Å². The number of fused-ring (bicyclic) bond motifs is 2. The third kappa shape index (κ3) is 8.31. The van der Waals surface area contributed by atoms with Crippen molar-refractivity contribution in [1.29, 1.82) is 0 Å². The van der Waals surface area contributed by atoms with Crippen LogP contribution in [0, 0.1) is 0 Å². The summed E-state index contributed by atoms with van der Waals surface area (Å²) in [5.41, 5.74) is 2.21. The first-order chi connectivity index (χ1) is 16.7. The van der Waals surface area contributed by atoms with Crippen molar-refractivity contribution in [2.45, 2.75) is 50.0 Å². The summed E-state index contributed by atoms with van der Waals surface area (Å²) in [6.45, 7) is 2.66. The number of alkyl halides is 6. The number of rotatable bonds is 3. The van der Waals surface area contributed by atoms with Crippen molar-refractivity contribution in [2.75, 3.05) is 20.3 Å². The van der Waals surface area contributed by atoms with Gasteiger partial charge in [-0.3, -0.25) is 9.88 Å². The fourth-order valence-corrected chi connectivity index (χ4v) is 3.84. The van der Waals surface area contributed by atoms with Crippen LogP contribution in [-0.4, -0.2) is 82.9 Å². The molecule has 14 heteroatoms. The summed E-state index contributed by atoms with van der Waals surface area (Å²) < 4.78 is 75.0. The highest BCUT2D eigenvalue weighted by molar-refractivity contribution is 5.78. The Bertz CT molecular complexity index is 1010. The number of hydrogen-bond acceptors (Lipinski definition) is 6. The van der Waals surface area contributed by atoms with E-state index < -0.39 is 24.3 Å². The Kier molecular flexibility index (Phi) is 10.0. The summed E-state index contributed by atoms with van der Waals surface area (Å²) in [4.78, 5) is 25.1. The lowest BCUT2D eigenvalue weighted by atomic mass is 10.1. The molecule has 2 heterocycles. The fourth-order valence-electron chi connectivity index (χ4n) is 3.84. The van der Waals surface area contributed by atoms with E-state index in [1.165, 1.54) is 5.39 Å². The Hall–Kier alpha value is -2.97. The molecule has 0 amide bonds. The van der Waals surface area contributed by atoms with Crippen LogP contribution in [0.5, 0.6) is 0 Å². The summed E-state index contributed by atoms with van der Waals surface area (Å²) in [5, 5.41) is 15.5. The van der Waals surface area contributed by atoms with E-state index in [1.54, 1.807) is 7.11 Å². The summed E-state index contributed by atoms with van der Waals surface area (Å²) in [6.07, 6.45) is -7.46. The van der Waals surface area contributed by atoms with Crippen LogP contribution in [0.4, 0.5) is 26.3 Å². The molecule has 1 aliphatic carbocycles. The molecule has 200 valence electrons. The Morgan fingerprint density at radius 2 is 1.61 bits per heavy atom. The van der Waals surface area contributed by atoms with Crippen molar-refractivity contribution in [1.82, 2.24) is 9.88 Å². The van der Waals surface area contributed by atoms with Gasteiger partial charge in [-0.15, -0.1) is 0 Å². The smallest absolute Gasteiger partial charge is 0.475 e. The Morgan fingerprint density at radius 3 is 2.17 bits per heavy atom. The zero-order chi connectivity index (χ0) is 27.1. The summed E-state index contributed by atoms with van der Waals surface area (Å²) >= 11 is 0. The number of carbonyl (C=O) groups is 2. The van der Waals surface area contributed by atoms with Gasteiger partial charge in [0.1, 0.15) is 0 Å². The van der Waals surface area contributed by atoms with Crippen LogP contribution in [0.3, 0.4) is 0 Å². The first-order valence-corrected chi connectivity index (χ1v) is 10.6. The number of carboxylic acid groups (broad SMARTS) is 2. The molecule has 36 heavy (non-hydrogen) atoms. The van der Waals surface area contributed by atoms with Crippen LogP contribution in [0.15, 0.2) is 36.4 Å². The Balaban J connectivity index is 0.000000271. The predicted molar refractivity (Wildman–Crippen MR) is 113 cm³/mol. The largest absolute Gasteiger partial charge is 0.490 e. The van der Waals surface area contributed by atoms with Crippen LogP contribution in [0.25, 0.3) is 10.9 Å². The summed E-state index contributed by atoms with van der Waals surface area (Å²) in [7, 11) is 1.79. The molecule has 1 saturated heterocycles. The third-order valence-electron chi connectivity index (χ3n) is 5.46. The van der Waals surface area contributed by atoms with Crippen molar-refractivity contribution in [2.24, 2.45) is 0 Å². The van der Waals surface area contributed by atoms with Gasteiger partial charge in [-0.1, -0.05) is 24.3 Å². The van der Waals surface area contributed by atoms with Gasteiger partial charge in [-0.05, 0) is 25.0 Å². The first-order valence-electron chi connectivity index (χ1n) is 10.6. The molecule has 1 aromatic carbocycles. The van der Waals surface area contributed by atoms with Crippen molar-refractivity contribution in [3.8, 4) is 0 Å². The number of ether oxygens (including phenoxy) is 2. The molecular weight excluding hydrogens is 502 g/mol. The summed E-state index contributed by atoms with van der Waals surface area (Å²) in [6, 6.07) is 13.1. The number of nitrogens with zero attached hydrogens (tertiary/aromatic N) is 2. The lowest BCUT2D eigenvalue weighted by molar-refractivity contribution is -0.193. The number of aliphatic carboxylic acids is 2. The highest BCUT2D eigenvalue weighted by Gasteiger charge is 2.43. The van der Waals surface area contributed by atoms with E-state index in [4.69, 9.17) is 34.3 Å². The average molecular weight is 526 g/mol. The molecule has 1 saturated carbocycles. The second kappa shape index (κ2) is 12.3. The molecule has 0 spiro atoms. The number of carboxylic acids is 2. The maximum atomic E-state index is 10.6. The molecule has 2 aliphatic rings. The van der Waals surface area contributed by atoms with E-state index in [0.717, 1.165) is 43.7 Å². The van der Waals surface area contributed by atoms with Gasteiger partial charge in [0.2, 0.25) is 0 Å². The number of para-hydroxylation sites is 1. The number of halogens is 6. The zero-order valence-corrected chi connectivity index (χ0v) is 18.9. The molecule has 2 fully saturated rings. The second-order valence-electron chi connectivity index (χ2n) is 7.83. The van der Waals surface area contributed by atoms with E-state index in [-0.39, 0.29) is 12.2 Å². The standard InChI is InChI=1S/C18H22N2O2.2C2HF3O2/c1-21-17-9-8-16-18(17)22-11-10-20(16)12-14-7-6-13-4-2-3-5-15(13)19-14;2*3-2(4,5)1(6)7/h2-7,16-18H,8-12H2,1H3;2*(H,6,7)/t16-,17-,18+;;/m0../s1. The molecule has 1 aliphatic heterocycles. The molecule has 2 N–H and O–H groups in total. The highest BCUT2D eigenvalue weighted by Crippen LogP contribution is 2.32. The van der Waals surface area contributed by atoms with Crippen molar-refractivity contribution in [3.63, 3.8) is 0 Å². The quantitative estimate of drug-likeness (QED) is 0.581. The van der Waals surface area contributed by atoms with Gasteiger partial charge < -0.3 is 19.7 Å².